The average Bonchev–Trinajstić information content (AvgIpc) is 3.24. The van der Waals surface area contributed by atoms with Crippen LogP contribution in [0.1, 0.15) is 35.6 Å². The van der Waals surface area contributed by atoms with Gasteiger partial charge in [0, 0.05) is 19.1 Å². The molecule has 1 aromatic carbocycles. The van der Waals surface area contributed by atoms with Gasteiger partial charge in [0.2, 0.25) is 0 Å². The highest BCUT2D eigenvalue weighted by Gasteiger charge is 2.46. The maximum atomic E-state index is 6.72. The van der Waals surface area contributed by atoms with Crippen LogP contribution in [0.4, 0.5) is 5.82 Å². The number of piperidine rings is 1. The zero-order valence-corrected chi connectivity index (χ0v) is 17.4. The smallest absolute Gasteiger partial charge is 0.151 e. The number of halogens is 1. The van der Waals surface area contributed by atoms with Crippen molar-refractivity contribution in [3.8, 4) is 10.6 Å². The van der Waals surface area contributed by atoms with Gasteiger partial charge in [-0.2, -0.15) is 0 Å². The minimum absolute atomic E-state index is 0.141. The SMILES string of the molecule is Cc1ccc2c(c1)CC1(CCN(c3ccc(-c4ccc(Cl)s4)nn3)CC1)[C@@H]2N. The van der Waals surface area contributed by atoms with Crippen LogP contribution in [0.25, 0.3) is 10.6 Å². The summed E-state index contributed by atoms with van der Waals surface area (Å²) in [6, 6.07) is 14.9. The van der Waals surface area contributed by atoms with Crippen LogP contribution in [0.15, 0.2) is 42.5 Å². The van der Waals surface area contributed by atoms with Gasteiger partial charge in [-0.3, -0.25) is 0 Å². The molecule has 1 aliphatic carbocycles. The number of benzene rings is 1. The van der Waals surface area contributed by atoms with Crippen molar-refractivity contribution in [3.63, 3.8) is 0 Å². The fourth-order valence-corrected chi connectivity index (χ4v) is 5.76. The predicted octanol–water partition coefficient (Wildman–Crippen LogP) is 5.01. The Bertz CT molecular complexity index is 1010. The molecule has 4 nitrogen and oxygen atoms in total. The van der Waals surface area contributed by atoms with Gasteiger partial charge in [-0.25, -0.2) is 0 Å². The summed E-state index contributed by atoms with van der Waals surface area (Å²) >= 11 is 7.55. The lowest BCUT2D eigenvalue weighted by molar-refractivity contribution is 0.187. The number of anilines is 1. The number of aryl methyl sites for hydroxylation is 1. The first kappa shape index (κ1) is 18.1. The lowest BCUT2D eigenvalue weighted by Gasteiger charge is -2.42. The highest BCUT2D eigenvalue weighted by atomic mass is 35.5. The summed E-state index contributed by atoms with van der Waals surface area (Å²) in [5, 5.41) is 8.90. The molecule has 28 heavy (non-hydrogen) atoms. The first-order valence-electron chi connectivity index (χ1n) is 9.73. The van der Waals surface area contributed by atoms with E-state index in [2.05, 4.69) is 46.3 Å². The monoisotopic (exact) mass is 410 g/mol. The molecule has 1 atom stereocenters. The molecule has 1 spiro atoms. The molecule has 0 bridgehead atoms. The minimum atomic E-state index is 0.141. The molecule has 6 heteroatoms. The van der Waals surface area contributed by atoms with E-state index in [4.69, 9.17) is 17.3 Å². The molecule has 2 N–H and O–H groups in total. The van der Waals surface area contributed by atoms with Crippen LogP contribution in [-0.2, 0) is 6.42 Å². The van der Waals surface area contributed by atoms with Crippen LogP contribution < -0.4 is 10.6 Å². The molecule has 144 valence electrons. The first-order chi connectivity index (χ1) is 13.5. The topological polar surface area (TPSA) is 55.0 Å². The Morgan fingerprint density at radius 3 is 2.61 bits per heavy atom. The van der Waals surface area contributed by atoms with Crippen molar-refractivity contribution in [2.75, 3.05) is 18.0 Å². The van der Waals surface area contributed by atoms with Crippen molar-refractivity contribution in [2.24, 2.45) is 11.1 Å². The summed E-state index contributed by atoms with van der Waals surface area (Å²) in [6.07, 6.45) is 3.28. The third-order valence-electron chi connectivity index (χ3n) is 6.40. The maximum absolute atomic E-state index is 6.72. The summed E-state index contributed by atoms with van der Waals surface area (Å²) in [6.45, 7) is 4.10. The van der Waals surface area contributed by atoms with Gasteiger partial charge < -0.3 is 10.6 Å². The molecule has 3 heterocycles. The molecule has 3 aromatic rings. The van der Waals surface area contributed by atoms with Gasteiger partial charge in [-0.1, -0.05) is 35.4 Å². The third-order valence-corrected chi connectivity index (χ3v) is 7.65. The molecule has 0 radical (unpaired) electrons. The summed E-state index contributed by atoms with van der Waals surface area (Å²) in [5.41, 5.74) is 11.9. The van der Waals surface area contributed by atoms with Gasteiger partial charge in [0.05, 0.1) is 9.21 Å². The fraction of sp³-hybridized carbons (Fsp3) is 0.364. The Labute approximate surface area is 174 Å². The van der Waals surface area contributed by atoms with Gasteiger partial charge in [0.1, 0.15) is 5.69 Å². The third kappa shape index (κ3) is 3.02. The van der Waals surface area contributed by atoms with E-state index in [0.29, 0.717) is 0 Å². The number of aromatic nitrogens is 2. The van der Waals surface area contributed by atoms with E-state index in [9.17, 15) is 0 Å². The second-order valence-electron chi connectivity index (χ2n) is 8.09. The van der Waals surface area contributed by atoms with E-state index in [1.807, 2.05) is 18.2 Å². The molecule has 1 aliphatic heterocycles. The van der Waals surface area contributed by atoms with Gasteiger partial charge in [0.25, 0.3) is 0 Å². The molecular formula is C22H23ClN4S. The van der Waals surface area contributed by atoms with E-state index < -0.39 is 0 Å². The highest BCUT2D eigenvalue weighted by Crippen LogP contribution is 2.51. The van der Waals surface area contributed by atoms with Crippen LogP contribution in [0.2, 0.25) is 4.34 Å². The Kier molecular flexibility index (Phi) is 4.42. The second kappa shape index (κ2) is 6.83. The van der Waals surface area contributed by atoms with Crippen molar-refractivity contribution in [2.45, 2.75) is 32.2 Å². The van der Waals surface area contributed by atoms with Crippen LogP contribution in [-0.4, -0.2) is 23.3 Å². The number of nitrogens with zero attached hydrogens (tertiary/aromatic N) is 3. The normalized spacial score (nSPS) is 20.5. The number of nitrogens with two attached hydrogens (primary N) is 1. The van der Waals surface area contributed by atoms with Gasteiger partial charge in [-0.05, 0) is 67.0 Å². The fourth-order valence-electron chi connectivity index (χ4n) is 4.76. The number of rotatable bonds is 2. The Morgan fingerprint density at radius 2 is 1.93 bits per heavy atom. The first-order valence-corrected chi connectivity index (χ1v) is 10.9. The number of hydrogen-bond acceptors (Lipinski definition) is 5. The maximum Gasteiger partial charge on any atom is 0.151 e. The van der Waals surface area contributed by atoms with E-state index in [1.165, 1.54) is 28.0 Å². The van der Waals surface area contributed by atoms with Crippen molar-refractivity contribution >= 4 is 28.8 Å². The van der Waals surface area contributed by atoms with E-state index in [-0.39, 0.29) is 11.5 Å². The zero-order chi connectivity index (χ0) is 19.3. The summed E-state index contributed by atoms with van der Waals surface area (Å²) in [7, 11) is 0. The summed E-state index contributed by atoms with van der Waals surface area (Å²) in [5.74, 6) is 0.946. The lowest BCUT2D eigenvalue weighted by Crippen LogP contribution is -2.44. The molecule has 5 rings (SSSR count). The number of fused-ring (bicyclic) bond motifs is 1. The molecule has 2 aliphatic rings. The van der Waals surface area contributed by atoms with E-state index >= 15 is 0 Å². The van der Waals surface area contributed by atoms with Gasteiger partial charge in [-0.15, -0.1) is 21.5 Å². The summed E-state index contributed by atoms with van der Waals surface area (Å²) in [4.78, 5) is 3.39. The standard InChI is InChI=1S/C22H23ClN4S/c1-14-2-3-16-15(12-14)13-22(21(16)24)8-10-27(11-9-22)20-7-4-17(25-26-20)18-5-6-19(23)28-18/h2-7,12,21H,8-11,13,24H2,1H3/t21-/m1/s1. The Balaban J connectivity index is 1.30. The Morgan fingerprint density at radius 1 is 1.11 bits per heavy atom. The van der Waals surface area contributed by atoms with Crippen molar-refractivity contribution in [1.82, 2.24) is 10.2 Å². The summed E-state index contributed by atoms with van der Waals surface area (Å²) < 4.78 is 0.770. The van der Waals surface area contributed by atoms with Crippen LogP contribution in [0, 0.1) is 12.3 Å². The van der Waals surface area contributed by atoms with Gasteiger partial charge >= 0.3 is 0 Å². The van der Waals surface area contributed by atoms with Gasteiger partial charge in [0.15, 0.2) is 5.82 Å². The number of hydrogen-bond donors (Lipinski definition) is 1. The molecule has 0 unspecified atom stereocenters. The highest BCUT2D eigenvalue weighted by molar-refractivity contribution is 7.19. The lowest BCUT2D eigenvalue weighted by atomic mass is 9.73. The zero-order valence-electron chi connectivity index (χ0n) is 15.9. The molecule has 1 fully saturated rings. The van der Waals surface area contributed by atoms with E-state index in [1.54, 1.807) is 0 Å². The Hall–Kier alpha value is -1.95. The average molecular weight is 411 g/mol. The number of thiophene rings is 1. The van der Waals surface area contributed by atoms with Crippen molar-refractivity contribution in [3.05, 3.63) is 63.5 Å². The largest absolute Gasteiger partial charge is 0.355 e. The molecule has 0 amide bonds. The van der Waals surface area contributed by atoms with Crippen molar-refractivity contribution in [1.29, 1.82) is 0 Å². The molecule has 2 aromatic heterocycles. The minimum Gasteiger partial charge on any atom is -0.355 e. The molecule has 0 saturated carbocycles. The predicted molar refractivity (Wildman–Crippen MR) is 116 cm³/mol. The van der Waals surface area contributed by atoms with Crippen LogP contribution >= 0.6 is 22.9 Å². The molecular weight excluding hydrogens is 388 g/mol. The van der Waals surface area contributed by atoms with Crippen molar-refractivity contribution < 1.29 is 0 Å². The van der Waals surface area contributed by atoms with E-state index in [0.717, 1.165) is 53.1 Å². The van der Waals surface area contributed by atoms with Crippen LogP contribution in [0.3, 0.4) is 0 Å². The molecule has 1 saturated heterocycles. The van der Waals surface area contributed by atoms with Crippen LogP contribution in [0.5, 0.6) is 0 Å². The second-order valence-corrected chi connectivity index (χ2v) is 9.80. The quantitative estimate of drug-likeness (QED) is 0.645.